The lowest BCUT2D eigenvalue weighted by Crippen LogP contribution is -2.08. The van der Waals surface area contributed by atoms with Crippen molar-refractivity contribution in [3.63, 3.8) is 0 Å². The third-order valence-corrected chi connectivity index (χ3v) is 1.99. The number of hydrogen-bond donors (Lipinski definition) is 0. The van der Waals surface area contributed by atoms with Crippen molar-refractivity contribution in [1.82, 2.24) is 0 Å². The fourth-order valence-electron chi connectivity index (χ4n) is 1.26. The zero-order valence-electron chi connectivity index (χ0n) is 8.36. The van der Waals surface area contributed by atoms with Crippen LogP contribution in [0.5, 0.6) is 0 Å². The zero-order valence-corrected chi connectivity index (χ0v) is 8.36. The van der Waals surface area contributed by atoms with Crippen LogP contribution in [-0.4, -0.2) is 20.8 Å². The summed E-state index contributed by atoms with van der Waals surface area (Å²) in [6.45, 7) is 0.491. The van der Waals surface area contributed by atoms with E-state index in [1.807, 2.05) is 18.2 Å². The standard InChI is InChI=1S/C11H13NO2/c1-13-8-11(14-2)10-5-3-4-9(6-10)7-12/h3-6,11H,8H2,1-2H3. The van der Waals surface area contributed by atoms with E-state index in [1.54, 1.807) is 20.3 Å². The molecule has 1 aromatic rings. The van der Waals surface area contributed by atoms with Gasteiger partial charge in [-0.05, 0) is 17.7 Å². The average molecular weight is 191 g/mol. The minimum atomic E-state index is -0.103. The molecule has 0 spiro atoms. The van der Waals surface area contributed by atoms with Crippen LogP contribution in [0.4, 0.5) is 0 Å². The van der Waals surface area contributed by atoms with Gasteiger partial charge in [0.15, 0.2) is 0 Å². The summed E-state index contributed by atoms with van der Waals surface area (Å²) in [6, 6.07) is 9.44. The van der Waals surface area contributed by atoms with Gasteiger partial charge in [-0.15, -0.1) is 0 Å². The van der Waals surface area contributed by atoms with Crippen molar-refractivity contribution in [3.8, 4) is 6.07 Å². The summed E-state index contributed by atoms with van der Waals surface area (Å²) in [6.07, 6.45) is -0.103. The zero-order chi connectivity index (χ0) is 10.4. The molecular weight excluding hydrogens is 178 g/mol. The molecule has 0 saturated carbocycles. The van der Waals surface area contributed by atoms with Crippen LogP contribution in [0.2, 0.25) is 0 Å². The Morgan fingerprint density at radius 3 is 2.79 bits per heavy atom. The number of methoxy groups -OCH3 is 2. The molecule has 0 bridgehead atoms. The van der Waals surface area contributed by atoms with Crippen molar-refractivity contribution in [2.45, 2.75) is 6.10 Å². The molecule has 0 aliphatic carbocycles. The molecule has 3 heteroatoms. The molecule has 0 aromatic heterocycles. The number of benzene rings is 1. The van der Waals surface area contributed by atoms with Gasteiger partial charge in [-0.1, -0.05) is 12.1 Å². The molecule has 1 aromatic carbocycles. The number of nitriles is 1. The van der Waals surface area contributed by atoms with Crippen LogP contribution in [-0.2, 0) is 9.47 Å². The maximum absolute atomic E-state index is 8.72. The second-order valence-corrected chi connectivity index (χ2v) is 2.92. The van der Waals surface area contributed by atoms with Crippen molar-refractivity contribution in [3.05, 3.63) is 35.4 Å². The minimum absolute atomic E-state index is 0.103. The quantitative estimate of drug-likeness (QED) is 0.729. The second-order valence-electron chi connectivity index (χ2n) is 2.92. The highest BCUT2D eigenvalue weighted by molar-refractivity contribution is 5.33. The van der Waals surface area contributed by atoms with E-state index in [0.717, 1.165) is 5.56 Å². The van der Waals surface area contributed by atoms with Gasteiger partial charge in [0, 0.05) is 14.2 Å². The summed E-state index contributed by atoms with van der Waals surface area (Å²) in [7, 11) is 3.25. The second kappa shape index (κ2) is 5.38. The smallest absolute Gasteiger partial charge is 0.105 e. The number of hydrogen-bond acceptors (Lipinski definition) is 3. The van der Waals surface area contributed by atoms with E-state index in [9.17, 15) is 0 Å². The summed E-state index contributed by atoms with van der Waals surface area (Å²) in [5.41, 5.74) is 1.61. The first-order valence-corrected chi connectivity index (χ1v) is 4.33. The van der Waals surface area contributed by atoms with Crippen molar-refractivity contribution in [2.24, 2.45) is 0 Å². The first-order chi connectivity index (χ1) is 6.81. The largest absolute Gasteiger partial charge is 0.382 e. The molecule has 0 aliphatic heterocycles. The van der Waals surface area contributed by atoms with E-state index in [4.69, 9.17) is 14.7 Å². The molecule has 0 radical (unpaired) electrons. The van der Waals surface area contributed by atoms with E-state index in [2.05, 4.69) is 6.07 Å². The molecule has 3 nitrogen and oxygen atoms in total. The molecule has 0 amide bonds. The Morgan fingerprint density at radius 2 is 2.21 bits per heavy atom. The lowest BCUT2D eigenvalue weighted by molar-refractivity contribution is 0.0275. The molecule has 1 unspecified atom stereocenters. The van der Waals surface area contributed by atoms with Gasteiger partial charge in [-0.3, -0.25) is 0 Å². The van der Waals surface area contributed by atoms with Gasteiger partial charge >= 0.3 is 0 Å². The summed E-state index contributed by atoms with van der Waals surface area (Å²) in [5, 5.41) is 8.72. The Labute approximate surface area is 83.9 Å². The Hall–Kier alpha value is -1.37. The maximum Gasteiger partial charge on any atom is 0.105 e. The van der Waals surface area contributed by atoms with Gasteiger partial charge in [0.2, 0.25) is 0 Å². The van der Waals surface area contributed by atoms with Crippen LogP contribution in [0.3, 0.4) is 0 Å². The Balaban J connectivity index is 2.87. The molecule has 74 valence electrons. The van der Waals surface area contributed by atoms with Crippen molar-refractivity contribution in [1.29, 1.82) is 5.26 Å². The number of nitrogens with zero attached hydrogens (tertiary/aromatic N) is 1. The molecule has 0 fully saturated rings. The Kier molecular flexibility index (Phi) is 4.11. The predicted molar refractivity (Wildman–Crippen MR) is 52.8 cm³/mol. The van der Waals surface area contributed by atoms with E-state index in [0.29, 0.717) is 12.2 Å². The minimum Gasteiger partial charge on any atom is -0.382 e. The van der Waals surface area contributed by atoms with Crippen LogP contribution in [0.15, 0.2) is 24.3 Å². The summed E-state index contributed by atoms with van der Waals surface area (Å²) in [4.78, 5) is 0. The monoisotopic (exact) mass is 191 g/mol. The normalized spacial score (nSPS) is 12.1. The fraction of sp³-hybridized carbons (Fsp3) is 0.364. The van der Waals surface area contributed by atoms with Gasteiger partial charge in [-0.25, -0.2) is 0 Å². The van der Waals surface area contributed by atoms with Gasteiger partial charge < -0.3 is 9.47 Å². The van der Waals surface area contributed by atoms with Gasteiger partial charge in [-0.2, -0.15) is 5.26 Å². The van der Waals surface area contributed by atoms with Crippen molar-refractivity contribution in [2.75, 3.05) is 20.8 Å². The van der Waals surface area contributed by atoms with Crippen LogP contribution < -0.4 is 0 Å². The molecule has 0 saturated heterocycles. The van der Waals surface area contributed by atoms with Crippen LogP contribution in [0.1, 0.15) is 17.2 Å². The third kappa shape index (κ3) is 2.56. The van der Waals surface area contributed by atoms with Gasteiger partial charge in [0.1, 0.15) is 6.10 Å². The number of ether oxygens (including phenoxy) is 2. The molecule has 1 rings (SSSR count). The first-order valence-electron chi connectivity index (χ1n) is 4.33. The van der Waals surface area contributed by atoms with Crippen LogP contribution >= 0.6 is 0 Å². The van der Waals surface area contributed by atoms with E-state index in [1.165, 1.54) is 0 Å². The van der Waals surface area contributed by atoms with Crippen molar-refractivity contribution < 1.29 is 9.47 Å². The third-order valence-electron chi connectivity index (χ3n) is 1.99. The summed E-state index contributed by atoms with van der Waals surface area (Å²) >= 11 is 0. The summed E-state index contributed by atoms with van der Waals surface area (Å²) in [5.74, 6) is 0. The highest BCUT2D eigenvalue weighted by Gasteiger charge is 2.09. The van der Waals surface area contributed by atoms with Crippen molar-refractivity contribution >= 4 is 0 Å². The van der Waals surface area contributed by atoms with E-state index < -0.39 is 0 Å². The van der Waals surface area contributed by atoms with E-state index in [-0.39, 0.29) is 6.10 Å². The molecule has 14 heavy (non-hydrogen) atoms. The van der Waals surface area contributed by atoms with Gasteiger partial charge in [0.05, 0.1) is 18.2 Å². The lowest BCUT2D eigenvalue weighted by atomic mass is 10.1. The molecule has 0 aliphatic rings. The number of rotatable bonds is 4. The maximum atomic E-state index is 8.72. The van der Waals surface area contributed by atoms with E-state index >= 15 is 0 Å². The SMILES string of the molecule is COCC(OC)c1cccc(C#N)c1. The highest BCUT2D eigenvalue weighted by Crippen LogP contribution is 2.17. The molecular formula is C11H13NO2. The lowest BCUT2D eigenvalue weighted by Gasteiger charge is -2.14. The topological polar surface area (TPSA) is 42.2 Å². The van der Waals surface area contributed by atoms with Gasteiger partial charge in [0.25, 0.3) is 0 Å². The van der Waals surface area contributed by atoms with Crippen LogP contribution in [0.25, 0.3) is 0 Å². The molecule has 0 heterocycles. The fourth-order valence-corrected chi connectivity index (χ4v) is 1.26. The molecule has 0 N–H and O–H groups in total. The summed E-state index contributed by atoms with van der Waals surface area (Å²) < 4.78 is 10.3. The highest BCUT2D eigenvalue weighted by atomic mass is 16.5. The van der Waals surface area contributed by atoms with Crippen LogP contribution in [0, 0.1) is 11.3 Å². The first kappa shape index (κ1) is 10.7. The Bertz CT molecular complexity index is 330. The average Bonchev–Trinajstić information content (AvgIpc) is 2.26. The predicted octanol–water partition coefficient (Wildman–Crippen LogP) is 1.89. The Morgan fingerprint density at radius 1 is 1.43 bits per heavy atom. The molecule has 1 atom stereocenters.